The van der Waals surface area contributed by atoms with Gasteiger partial charge in [-0.2, -0.15) is 0 Å². The van der Waals surface area contributed by atoms with Gasteiger partial charge in [0.1, 0.15) is 10.8 Å². The highest BCUT2D eigenvalue weighted by molar-refractivity contribution is 9.11. The van der Waals surface area contributed by atoms with Crippen molar-refractivity contribution in [1.29, 1.82) is 0 Å². The van der Waals surface area contributed by atoms with Gasteiger partial charge in [0.25, 0.3) is 0 Å². The number of hydrogen-bond acceptors (Lipinski definition) is 4. The van der Waals surface area contributed by atoms with E-state index in [0.717, 1.165) is 25.8 Å². The van der Waals surface area contributed by atoms with Crippen molar-refractivity contribution in [2.24, 2.45) is 5.73 Å². The summed E-state index contributed by atoms with van der Waals surface area (Å²) < 4.78 is 6.42. The van der Waals surface area contributed by atoms with Crippen LogP contribution in [0.3, 0.4) is 0 Å². The van der Waals surface area contributed by atoms with E-state index in [1.807, 2.05) is 6.07 Å². The number of aryl methyl sites for hydroxylation is 2. The van der Waals surface area contributed by atoms with Crippen LogP contribution in [0.1, 0.15) is 16.8 Å². The van der Waals surface area contributed by atoms with Gasteiger partial charge < -0.3 is 10.5 Å². The van der Waals surface area contributed by atoms with Crippen LogP contribution in [0.4, 0.5) is 0 Å². The topological polar surface area (TPSA) is 48.1 Å². The van der Waals surface area contributed by atoms with Crippen molar-refractivity contribution >= 4 is 27.3 Å². The minimum atomic E-state index is 0.435. The zero-order chi connectivity index (χ0) is 13.3. The second-order valence-corrected chi connectivity index (χ2v) is 6.40. The molecule has 0 saturated heterocycles. The Balaban J connectivity index is 2.58. The number of nitrogens with two attached hydrogens (primary N) is 1. The number of thiazole rings is 1. The van der Waals surface area contributed by atoms with Gasteiger partial charge in [0.2, 0.25) is 0 Å². The van der Waals surface area contributed by atoms with Crippen LogP contribution in [-0.4, -0.2) is 12.1 Å². The van der Waals surface area contributed by atoms with Gasteiger partial charge in [0, 0.05) is 6.54 Å². The highest BCUT2D eigenvalue weighted by atomic mass is 79.9. The molecule has 18 heavy (non-hydrogen) atoms. The molecule has 0 amide bonds. The Morgan fingerprint density at radius 1 is 1.33 bits per heavy atom. The average Bonchev–Trinajstić information content (AvgIpc) is 2.73. The number of methoxy groups -OCH3 is 1. The standard InChI is InChI=1S/C13H15BrN2OS/c1-7-4-9(11(17-3)5-8(7)2)13-16-10(6-15)12(14)18-13/h4-5H,6,15H2,1-3H3. The van der Waals surface area contributed by atoms with Gasteiger partial charge in [0.05, 0.1) is 22.2 Å². The largest absolute Gasteiger partial charge is 0.496 e. The molecule has 0 aliphatic carbocycles. The zero-order valence-electron chi connectivity index (χ0n) is 10.6. The van der Waals surface area contributed by atoms with E-state index in [4.69, 9.17) is 10.5 Å². The van der Waals surface area contributed by atoms with E-state index in [9.17, 15) is 0 Å². The lowest BCUT2D eigenvalue weighted by atomic mass is 10.1. The maximum atomic E-state index is 5.65. The smallest absolute Gasteiger partial charge is 0.129 e. The predicted molar refractivity (Wildman–Crippen MR) is 79.2 cm³/mol. The summed E-state index contributed by atoms with van der Waals surface area (Å²) in [7, 11) is 1.68. The molecular formula is C13H15BrN2OS. The molecule has 0 aliphatic heterocycles. The fourth-order valence-electron chi connectivity index (χ4n) is 1.70. The summed E-state index contributed by atoms with van der Waals surface area (Å²) in [5.41, 5.74) is 9.99. The molecule has 0 fully saturated rings. The summed E-state index contributed by atoms with van der Waals surface area (Å²) >= 11 is 5.07. The van der Waals surface area contributed by atoms with Crippen molar-refractivity contribution in [3.05, 3.63) is 32.7 Å². The lowest BCUT2D eigenvalue weighted by molar-refractivity contribution is 0.416. The molecule has 1 heterocycles. The fourth-order valence-corrected chi connectivity index (χ4v) is 3.25. The summed E-state index contributed by atoms with van der Waals surface area (Å²) in [5, 5.41) is 0.933. The third kappa shape index (κ3) is 2.43. The lowest BCUT2D eigenvalue weighted by Crippen LogP contribution is -1.97. The van der Waals surface area contributed by atoms with Gasteiger partial charge in [-0.15, -0.1) is 11.3 Å². The second-order valence-electron chi connectivity index (χ2n) is 4.08. The lowest BCUT2D eigenvalue weighted by Gasteiger charge is -2.09. The second kappa shape index (κ2) is 5.38. The Morgan fingerprint density at radius 3 is 2.56 bits per heavy atom. The van der Waals surface area contributed by atoms with Crippen LogP contribution in [-0.2, 0) is 6.54 Å². The van der Waals surface area contributed by atoms with Gasteiger partial charge in [-0.1, -0.05) is 0 Å². The molecule has 0 spiro atoms. The summed E-state index contributed by atoms with van der Waals surface area (Å²) in [6, 6.07) is 4.15. The van der Waals surface area contributed by atoms with Crippen molar-refractivity contribution in [3.63, 3.8) is 0 Å². The van der Waals surface area contributed by atoms with Crippen LogP contribution in [0.5, 0.6) is 5.75 Å². The molecule has 1 aromatic heterocycles. The molecule has 0 aliphatic rings. The SMILES string of the molecule is COc1cc(C)c(C)cc1-c1nc(CN)c(Br)s1. The van der Waals surface area contributed by atoms with Crippen LogP contribution in [0.2, 0.25) is 0 Å². The van der Waals surface area contributed by atoms with E-state index in [-0.39, 0.29) is 0 Å². The molecule has 0 radical (unpaired) electrons. The van der Waals surface area contributed by atoms with Crippen LogP contribution in [0, 0.1) is 13.8 Å². The Kier molecular flexibility index (Phi) is 4.04. The molecule has 1 aromatic carbocycles. The maximum Gasteiger partial charge on any atom is 0.129 e. The molecule has 0 bridgehead atoms. The van der Waals surface area contributed by atoms with E-state index in [1.165, 1.54) is 11.1 Å². The van der Waals surface area contributed by atoms with Gasteiger partial charge in [0.15, 0.2) is 0 Å². The van der Waals surface area contributed by atoms with Crippen molar-refractivity contribution < 1.29 is 4.74 Å². The Bertz CT molecular complexity index is 581. The molecule has 5 heteroatoms. The van der Waals surface area contributed by atoms with Crippen LogP contribution < -0.4 is 10.5 Å². The molecule has 2 rings (SSSR count). The van der Waals surface area contributed by atoms with E-state index in [0.29, 0.717) is 6.54 Å². The first-order chi connectivity index (χ1) is 8.56. The highest BCUT2D eigenvalue weighted by Crippen LogP contribution is 2.38. The Morgan fingerprint density at radius 2 is 2.00 bits per heavy atom. The molecule has 96 valence electrons. The Labute approximate surface area is 119 Å². The monoisotopic (exact) mass is 326 g/mol. The number of halogens is 1. The Hall–Kier alpha value is -0.910. The molecular weight excluding hydrogens is 312 g/mol. The third-order valence-corrected chi connectivity index (χ3v) is 4.75. The summed E-state index contributed by atoms with van der Waals surface area (Å²) in [6.45, 7) is 4.60. The highest BCUT2D eigenvalue weighted by Gasteiger charge is 2.14. The molecule has 2 N–H and O–H groups in total. The van der Waals surface area contributed by atoms with Crippen molar-refractivity contribution in [1.82, 2.24) is 4.98 Å². The van der Waals surface area contributed by atoms with Crippen LogP contribution >= 0.6 is 27.3 Å². The zero-order valence-corrected chi connectivity index (χ0v) is 13.0. The fraction of sp³-hybridized carbons (Fsp3) is 0.308. The minimum Gasteiger partial charge on any atom is -0.496 e. The van der Waals surface area contributed by atoms with Crippen molar-refractivity contribution in [3.8, 4) is 16.3 Å². The molecule has 0 unspecified atom stereocenters. The number of ether oxygens (including phenoxy) is 1. The number of benzene rings is 1. The predicted octanol–water partition coefficient (Wildman–Crippen LogP) is 3.66. The van der Waals surface area contributed by atoms with Crippen LogP contribution in [0.25, 0.3) is 10.6 Å². The molecule has 0 atom stereocenters. The summed E-state index contributed by atoms with van der Waals surface area (Å²) in [5.74, 6) is 0.850. The summed E-state index contributed by atoms with van der Waals surface area (Å²) in [6.07, 6.45) is 0. The number of aromatic nitrogens is 1. The van der Waals surface area contributed by atoms with Gasteiger partial charge in [-0.25, -0.2) is 4.98 Å². The first-order valence-electron chi connectivity index (χ1n) is 5.57. The molecule has 0 saturated carbocycles. The van der Waals surface area contributed by atoms with E-state index < -0.39 is 0 Å². The maximum absolute atomic E-state index is 5.65. The van der Waals surface area contributed by atoms with E-state index in [2.05, 4.69) is 40.8 Å². The molecule has 2 aromatic rings. The van der Waals surface area contributed by atoms with E-state index in [1.54, 1.807) is 18.4 Å². The first kappa shape index (κ1) is 13.5. The average molecular weight is 327 g/mol. The van der Waals surface area contributed by atoms with Crippen molar-refractivity contribution in [2.75, 3.05) is 7.11 Å². The molecule has 3 nitrogen and oxygen atoms in total. The first-order valence-corrected chi connectivity index (χ1v) is 7.18. The van der Waals surface area contributed by atoms with E-state index >= 15 is 0 Å². The van der Waals surface area contributed by atoms with Crippen LogP contribution in [0.15, 0.2) is 15.9 Å². The van der Waals surface area contributed by atoms with Gasteiger partial charge >= 0.3 is 0 Å². The van der Waals surface area contributed by atoms with Crippen molar-refractivity contribution in [2.45, 2.75) is 20.4 Å². The van der Waals surface area contributed by atoms with Gasteiger partial charge in [-0.3, -0.25) is 0 Å². The van der Waals surface area contributed by atoms with Gasteiger partial charge in [-0.05, 0) is 53.0 Å². The number of hydrogen-bond donors (Lipinski definition) is 1. The number of rotatable bonds is 3. The summed E-state index contributed by atoms with van der Waals surface area (Å²) in [4.78, 5) is 4.54. The number of nitrogens with zero attached hydrogens (tertiary/aromatic N) is 1. The minimum absolute atomic E-state index is 0.435. The normalized spacial score (nSPS) is 10.7. The third-order valence-electron chi connectivity index (χ3n) is 2.89. The quantitative estimate of drug-likeness (QED) is 0.936.